The van der Waals surface area contributed by atoms with Crippen LogP contribution in [-0.4, -0.2) is 17.0 Å². The molecule has 2 rings (SSSR count). The predicted molar refractivity (Wildman–Crippen MR) is 81.3 cm³/mol. The van der Waals surface area contributed by atoms with Gasteiger partial charge in [0.15, 0.2) is 5.84 Å². The highest BCUT2D eigenvalue weighted by atomic mass is 16.4. The largest absolute Gasteiger partial charge is 0.409 e. The molecule has 0 radical (unpaired) electrons. The van der Waals surface area contributed by atoms with Crippen molar-refractivity contribution in [2.45, 2.75) is 13.5 Å². The van der Waals surface area contributed by atoms with E-state index in [9.17, 15) is 4.79 Å². The van der Waals surface area contributed by atoms with Gasteiger partial charge in [-0.3, -0.25) is 4.79 Å². The Labute approximate surface area is 123 Å². The second-order valence-corrected chi connectivity index (χ2v) is 4.68. The minimum atomic E-state index is -0.103. The van der Waals surface area contributed by atoms with Gasteiger partial charge < -0.3 is 16.3 Å². The van der Waals surface area contributed by atoms with Crippen molar-refractivity contribution in [1.29, 1.82) is 0 Å². The quantitative estimate of drug-likeness (QED) is 0.347. The highest BCUT2D eigenvalue weighted by Gasteiger charge is 2.07. The van der Waals surface area contributed by atoms with Gasteiger partial charge in [0.05, 0.1) is 0 Å². The van der Waals surface area contributed by atoms with E-state index < -0.39 is 0 Å². The Kier molecular flexibility index (Phi) is 4.56. The Balaban J connectivity index is 2.00. The first-order valence-corrected chi connectivity index (χ1v) is 6.52. The van der Waals surface area contributed by atoms with Crippen molar-refractivity contribution in [3.63, 3.8) is 0 Å². The highest BCUT2D eigenvalue weighted by molar-refractivity contribution is 5.97. The fraction of sp³-hybridized carbons (Fsp3) is 0.125. The van der Waals surface area contributed by atoms with Crippen LogP contribution >= 0.6 is 0 Å². The molecule has 0 spiro atoms. The summed E-state index contributed by atoms with van der Waals surface area (Å²) in [5, 5.41) is 14.4. The van der Waals surface area contributed by atoms with Gasteiger partial charge in [0.1, 0.15) is 0 Å². The first kappa shape index (κ1) is 14.6. The Morgan fingerprint density at radius 1 is 1.19 bits per heavy atom. The van der Waals surface area contributed by atoms with Crippen molar-refractivity contribution >= 4 is 11.7 Å². The molecule has 108 valence electrons. The summed E-state index contributed by atoms with van der Waals surface area (Å²) in [4.78, 5) is 12.1. The number of nitrogens with zero attached hydrogens (tertiary/aromatic N) is 1. The molecule has 5 heteroatoms. The molecule has 4 N–H and O–H groups in total. The van der Waals surface area contributed by atoms with Crippen LogP contribution in [0.5, 0.6) is 0 Å². The lowest BCUT2D eigenvalue weighted by molar-refractivity contribution is 0.0950. The third-order valence-corrected chi connectivity index (χ3v) is 3.20. The predicted octanol–water partition coefficient (Wildman–Crippen LogP) is 2.02. The van der Waals surface area contributed by atoms with Crippen LogP contribution in [0.4, 0.5) is 0 Å². The monoisotopic (exact) mass is 283 g/mol. The highest BCUT2D eigenvalue weighted by Crippen LogP contribution is 2.08. The molecule has 0 aliphatic heterocycles. The first-order valence-electron chi connectivity index (χ1n) is 6.52. The number of amides is 1. The molecule has 0 bridgehead atoms. The molecule has 0 unspecified atom stereocenters. The Hall–Kier alpha value is -2.82. The second kappa shape index (κ2) is 6.56. The second-order valence-electron chi connectivity index (χ2n) is 4.68. The van der Waals surface area contributed by atoms with Gasteiger partial charge in [-0.1, -0.05) is 47.6 Å². The summed E-state index contributed by atoms with van der Waals surface area (Å²) in [6, 6.07) is 14.6. The standard InChI is InChI=1S/C16H17N3O2/c1-11-4-2-3-5-14(11)16(20)18-10-12-6-8-13(9-7-12)15(17)19-21/h2-9,21H,10H2,1H3,(H2,17,19)(H,18,20). The van der Waals surface area contributed by atoms with Crippen molar-refractivity contribution < 1.29 is 10.0 Å². The van der Waals surface area contributed by atoms with Gasteiger partial charge in [0, 0.05) is 17.7 Å². The number of amidine groups is 1. The Bertz CT molecular complexity index is 663. The van der Waals surface area contributed by atoms with E-state index in [1.165, 1.54) is 0 Å². The van der Waals surface area contributed by atoms with Gasteiger partial charge in [-0.15, -0.1) is 0 Å². The maximum Gasteiger partial charge on any atom is 0.251 e. The van der Waals surface area contributed by atoms with Crippen LogP contribution in [0.1, 0.15) is 27.0 Å². The van der Waals surface area contributed by atoms with E-state index in [0.29, 0.717) is 17.7 Å². The zero-order chi connectivity index (χ0) is 15.2. The van der Waals surface area contributed by atoms with E-state index >= 15 is 0 Å². The number of aryl methyl sites for hydroxylation is 1. The third kappa shape index (κ3) is 3.60. The van der Waals surface area contributed by atoms with Crippen LogP contribution in [0.3, 0.4) is 0 Å². The van der Waals surface area contributed by atoms with Crippen LogP contribution in [0.25, 0.3) is 0 Å². The Morgan fingerprint density at radius 3 is 2.48 bits per heavy atom. The smallest absolute Gasteiger partial charge is 0.251 e. The number of carbonyl (C=O) groups is 1. The van der Waals surface area contributed by atoms with E-state index in [2.05, 4.69) is 10.5 Å². The molecular weight excluding hydrogens is 266 g/mol. The SMILES string of the molecule is Cc1ccccc1C(=O)NCc1ccc(C(N)=NO)cc1. The minimum Gasteiger partial charge on any atom is -0.409 e. The number of nitrogens with two attached hydrogens (primary N) is 1. The third-order valence-electron chi connectivity index (χ3n) is 3.20. The van der Waals surface area contributed by atoms with Gasteiger partial charge in [0.25, 0.3) is 5.91 Å². The summed E-state index contributed by atoms with van der Waals surface area (Å²) in [5.74, 6) is -0.0425. The summed E-state index contributed by atoms with van der Waals surface area (Å²) in [6.07, 6.45) is 0. The van der Waals surface area contributed by atoms with Gasteiger partial charge >= 0.3 is 0 Å². The van der Waals surface area contributed by atoms with Crippen LogP contribution in [-0.2, 0) is 6.54 Å². The lowest BCUT2D eigenvalue weighted by atomic mass is 10.1. The van der Waals surface area contributed by atoms with Gasteiger partial charge in [-0.2, -0.15) is 0 Å². The van der Waals surface area contributed by atoms with Crippen LogP contribution < -0.4 is 11.1 Å². The van der Waals surface area contributed by atoms with Crippen molar-refractivity contribution in [2.24, 2.45) is 10.9 Å². The Morgan fingerprint density at radius 2 is 1.86 bits per heavy atom. The normalized spacial score (nSPS) is 11.2. The molecule has 0 heterocycles. The maximum absolute atomic E-state index is 12.1. The van der Waals surface area contributed by atoms with Crippen molar-refractivity contribution in [1.82, 2.24) is 5.32 Å². The number of nitrogens with one attached hydrogen (secondary N) is 1. The summed E-state index contributed by atoms with van der Waals surface area (Å²) in [5.41, 5.74) is 8.67. The van der Waals surface area contributed by atoms with Gasteiger partial charge in [0.2, 0.25) is 0 Å². The molecule has 0 fully saturated rings. The first-order chi connectivity index (χ1) is 10.1. The summed E-state index contributed by atoms with van der Waals surface area (Å²) in [6.45, 7) is 2.32. The molecule has 0 aromatic heterocycles. The van der Waals surface area contributed by atoms with Crippen molar-refractivity contribution in [2.75, 3.05) is 0 Å². The maximum atomic E-state index is 12.1. The zero-order valence-electron chi connectivity index (χ0n) is 11.7. The van der Waals surface area contributed by atoms with E-state index in [4.69, 9.17) is 10.9 Å². The molecule has 5 nitrogen and oxygen atoms in total. The number of benzene rings is 2. The summed E-state index contributed by atoms with van der Waals surface area (Å²) < 4.78 is 0. The lowest BCUT2D eigenvalue weighted by Crippen LogP contribution is -2.23. The number of oxime groups is 1. The molecule has 0 aliphatic rings. The molecule has 0 atom stereocenters. The molecule has 2 aromatic rings. The average molecular weight is 283 g/mol. The number of carbonyl (C=O) groups excluding carboxylic acids is 1. The van der Waals surface area contributed by atoms with Gasteiger partial charge in [-0.05, 0) is 24.1 Å². The average Bonchev–Trinajstić information content (AvgIpc) is 2.52. The molecule has 1 amide bonds. The number of rotatable bonds is 4. The number of hydrogen-bond donors (Lipinski definition) is 3. The number of hydrogen-bond acceptors (Lipinski definition) is 3. The molecule has 0 saturated carbocycles. The zero-order valence-corrected chi connectivity index (χ0v) is 11.7. The molecular formula is C16H17N3O2. The fourth-order valence-electron chi connectivity index (χ4n) is 1.96. The minimum absolute atomic E-state index is 0.0606. The van der Waals surface area contributed by atoms with Gasteiger partial charge in [-0.25, -0.2) is 0 Å². The van der Waals surface area contributed by atoms with Crippen LogP contribution in [0, 0.1) is 6.92 Å². The lowest BCUT2D eigenvalue weighted by Gasteiger charge is -2.08. The van der Waals surface area contributed by atoms with E-state index in [-0.39, 0.29) is 11.7 Å². The molecule has 0 aliphatic carbocycles. The molecule has 0 saturated heterocycles. The van der Waals surface area contributed by atoms with Crippen molar-refractivity contribution in [3.05, 3.63) is 70.8 Å². The van der Waals surface area contributed by atoms with E-state index in [1.807, 2.05) is 37.3 Å². The van der Waals surface area contributed by atoms with Crippen molar-refractivity contribution in [3.8, 4) is 0 Å². The van der Waals surface area contributed by atoms with Crippen LogP contribution in [0.15, 0.2) is 53.7 Å². The van der Waals surface area contributed by atoms with E-state index in [0.717, 1.165) is 11.1 Å². The molecule has 2 aromatic carbocycles. The molecule has 21 heavy (non-hydrogen) atoms. The van der Waals surface area contributed by atoms with E-state index in [1.54, 1.807) is 18.2 Å². The van der Waals surface area contributed by atoms with Crippen LogP contribution in [0.2, 0.25) is 0 Å². The summed E-state index contributed by atoms with van der Waals surface area (Å²) in [7, 11) is 0. The fourth-order valence-corrected chi connectivity index (χ4v) is 1.96. The summed E-state index contributed by atoms with van der Waals surface area (Å²) >= 11 is 0. The topological polar surface area (TPSA) is 87.7 Å².